The van der Waals surface area contributed by atoms with Crippen LogP contribution in [0.1, 0.15) is 4.88 Å². The van der Waals surface area contributed by atoms with Crippen LogP contribution in [-0.4, -0.2) is 10.2 Å². The molecule has 17 heavy (non-hydrogen) atoms. The Morgan fingerprint density at radius 1 is 1.35 bits per heavy atom. The average Bonchev–Trinajstić information content (AvgIpc) is 2.94. The van der Waals surface area contributed by atoms with Gasteiger partial charge in [0.25, 0.3) is 0 Å². The maximum absolute atomic E-state index is 4.01. The van der Waals surface area contributed by atoms with Crippen molar-refractivity contribution in [2.24, 2.45) is 0 Å². The van der Waals surface area contributed by atoms with Gasteiger partial charge in [0, 0.05) is 20.4 Å². The van der Waals surface area contributed by atoms with E-state index in [0.29, 0.717) is 0 Å². The predicted octanol–water partition coefficient (Wildman–Crippen LogP) is 4.00. The second-order valence-corrected chi connectivity index (χ2v) is 5.57. The predicted molar refractivity (Wildman–Crippen MR) is 75.4 cm³/mol. The van der Waals surface area contributed by atoms with Crippen molar-refractivity contribution in [1.29, 1.82) is 0 Å². The van der Waals surface area contributed by atoms with E-state index in [1.165, 1.54) is 9.35 Å². The highest BCUT2D eigenvalue weighted by atomic mass is 79.9. The smallest absolute Gasteiger partial charge is 0.0651 e. The summed E-state index contributed by atoms with van der Waals surface area (Å²) in [5.74, 6) is 0. The zero-order chi connectivity index (χ0) is 11.7. The summed E-state index contributed by atoms with van der Waals surface area (Å²) in [5, 5.41) is 13.6. The minimum absolute atomic E-state index is 0.835. The van der Waals surface area contributed by atoms with Crippen molar-refractivity contribution in [3.8, 4) is 0 Å². The summed E-state index contributed by atoms with van der Waals surface area (Å²) >= 11 is 5.27. The van der Waals surface area contributed by atoms with Crippen LogP contribution in [0.15, 0.2) is 40.3 Å². The molecule has 86 valence electrons. The SMILES string of the molecule is Brc1ccsc1CNc1ccc2[nH]ncc2c1. The third-order valence-corrected chi connectivity index (χ3v) is 4.51. The van der Waals surface area contributed by atoms with Gasteiger partial charge in [-0.25, -0.2) is 0 Å². The van der Waals surface area contributed by atoms with Crippen molar-refractivity contribution in [1.82, 2.24) is 10.2 Å². The quantitative estimate of drug-likeness (QED) is 0.768. The van der Waals surface area contributed by atoms with Crippen molar-refractivity contribution in [2.75, 3.05) is 5.32 Å². The molecule has 0 spiro atoms. The molecule has 2 heterocycles. The maximum Gasteiger partial charge on any atom is 0.0651 e. The first-order valence-electron chi connectivity index (χ1n) is 5.22. The second kappa shape index (κ2) is 4.50. The Labute approximate surface area is 111 Å². The minimum atomic E-state index is 0.835. The van der Waals surface area contributed by atoms with Gasteiger partial charge in [-0.05, 0) is 45.6 Å². The Bertz CT molecular complexity index is 644. The number of fused-ring (bicyclic) bond motifs is 1. The first-order chi connectivity index (χ1) is 8.33. The number of anilines is 1. The van der Waals surface area contributed by atoms with Gasteiger partial charge in [0.05, 0.1) is 18.3 Å². The lowest BCUT2D eigenvalue weighted by molar-refractivity contribution is 1.12. The Morgan fingerprint density at radius 3 is 3.12 bits per heavy atom. The highest BCUT2D eigenvalue weighted by Crippen LogP contribution is 2.24. The van der Waals surface area contributed by atoms with Gasteiger partial charge < -0.3 is 5.32 Å². The van der Waals surface area contributed by atoms with Gasteiger partial charge in [0.2, 0.25) is 0 Å². The van der Waals surface area contributed by atoms with Gasteiger partial charge in [-0.1, -0.05) is 0 Å². The number of thiophene rings is 1. The number of nitrogens with zero attached hydrogens (tertiary/aromatic N) is 1. The summed E-state index contributed by atoms with van der Waals surface area (Å²) in [6.07, 6.45) is 1.83. The maximum atomic E-state index is 4.01. The van der Waals surface area contributed by atoms with Gasteiger partial charge >= 0.3 is 0 Å². The summed E-state index contributed by atoms with van der Waals surface area (Å²) < 4.78 is 1.17. The van der Waals surface area contributed by atoms with E-state index in [0.717, 1.165) is 23.1 Å². The number of aromatic nitrogens is 2. The van der Waals surface area contributed by atoms with Crippen LogP contribution < -0.4 is 5.32 Å². The monoisotopic (exact) mass is 307 g/mol. The lowest BCUT2D eigenvalue weighted by Gasteiger charge is -2.05. The lowest BCUT2D eigenvalue weighted by atomic mass is 10.2. The Morgan fingerprint density at radius 2 is 2.29 bits per heavy atom. The number of halogens is 1. The molecule has 0 aliphatic heterocycles. The molecule has 1 aromatic carbocycles. The van der Waals surface area contributed by atoms with Crippen LogP contribution in [-0.2, 0) is 6.54 Å². The zero-order valence-corrected chi connectivity index (χ0v) is 11.3. The molecule has 2 N–H and O–H groups in total. The van der Waals surface area contributed by atoms with Crippen molar-refractivity contribution in [2.45, 2.75) is 6.54 Å². The molecule has 0 saturated heterocycles. The van der Waals surface area contributed by atoms with Gasteiger partial charge in [-0.15, -0.1) is 11.3 Å². The fourth-order valence-corrected chi connectivity index (χ4v) is 3.12. The first-order valence-corrected chi connectivity index (χ1v) is 6.89. The van der Waals surface area contributed by atoms with E-state index in [2.05, 4.69) is 55.0 Å². The molecule has 0 bridgehead atoms. The number of hydrogen-bond donors (Lipinski definition) is 2. The molecule has 0 saturated carbocycles. The molecule has 2 aromatic heterocycles. The third-order valence-electron chi connectivity index (χ3n) is 2.58. The molecule has 0 amide bonds. The number of H-pyrrole nitrogens is 1. The highest BCUT2D eigenvalue weighted by molar-refractivity contribution is 9.10. The van der Waals surface area contributed by atoms with E-state index >= 15 is 0 Å². The molecule has 3 aromatic rings. The molecule has 5 heteroatoms. The largest absolute Gasteiger partial charge is 0.380 e. The van der Waals surface area contributed by atoms with Crippen LogP contribution in [0.2, 0.25) is 0 Å². The van der Waals surface area contributed by atoms with Gasteiger partial charge in [-0.3, -0.25) is 5.10 Å². The summed E-state index contributed by atoms with van der Waals surface area (Å²) in [5.41, 5.74) is 2.17. The zero-order valence-electron chi connectivity index (χ0n) is 8.90. The molecule has 0 aliphatic rings. The van der Waals surface area contributed by atoms with Crippen LogP contribution in [0.5, 0.6) is 0 Å². The van der Waals surface area contributed by atoms with E-state index in [1.54, 1.807) is 11.3 Å². The van der Waals surface area contributed by atoms with Crippen LogP contribution in [0.25, 0.3) is 10.9 Å². The summed E-state index contributed by atoms with van der Waals surface area (Å²) in [7, 11) is 0. The summed E-state index contributed by atoms with van der Waals surface area (Å²) in [6, 6.07) is 8.26. The lowest BCUT2D eigenvalue weighted by Crippen LogP contribution is -1.97. The molecule has 0 unspecified atom stereocenters. The molecular formula is C12H10BrN3S. The fourth-order valence-electron chi connectivity index (χ4n) is 1.69. The standard InChI is InChI=1S/C12H10BrN3S/c13-10-3-4-17-12(10)7-14-9-1-2-11-8(5-9)6-15-16-11/h1-6,14H,7H2,(H,15,16). The number of rotatable bonds is 3. The minimum Gasteiger partial charge on any atom is -0.380 e. The van der Waals surface area contributed by atoms with Gasteiger partial charge in [0.15, 0.2) is 0 Å². The fraction of sp³-hybridized carbons (Fsp3) is 0.0833. The Kier molecular flexibility index (Phi) is 2.86. The van der Waals surface area contributed by atoms with Crippen molar-refractivity contribution >= 4 is 43.9 Å². The molecular weight excluding hydrogens is 298 g/mol. The van der Waals surface area contributed by atoms with Gasteiger partial charge in [0.1, 0.15) is 0 Å². The van der Waals surface area contributed by atoms with Crippen molar-refractivity contribution in [3.05, 3.63) is 45.2 Å². The van der Waals surface area contributed by atoms with Gasteiger partial charge in [-0.2, -0.15) is 5.10 Å². The number of nitrogens with one attached hydrogen (secondary N) is 2. The molecule has 3 rings (SSSR count). The van der Waals surface area contributed by atoms with Crippen molar-refractivity contribution in [3.63, 3.8) is 0 Å². The topological polar surface area (TPSA) is 40.7 Å². The number of benzene rings is 1. The van der Waals surface area contributed by atoms with E-state index in [1.807, 2.05) is 12.3 Å². The van der Waals surface area contributed by atoms with E-state index < -0.39 is 0 Å². The molecule has 0 aliphatic carbocycles. The number of aromatic amines is 1. The van der Waals surface area contributed by atoms with E-state index in [4.69, 9.17) is 0 Å². The van der Waals surface area contributed by atoms with Crippen LogP contribution >= 0.6 is 27.3 Å². The first kappa shape index (κ1) is 10.8. The molecule has 0 radical (unpaired) electrons. The molecule has 0 atom stereocenters. The summed E-state index contributed by atoms with van der Waals surface area (Å²) in [6.45, 7) is 0.835. The molecule has 0 fully saturated rings. The second-order valence-electron chi connectivity index (χ2n) is 3.72. The van der Waals surface area contributed by atoms with Crippen LogP contribution in [0.4, 0.5) is 5.69 Å². The Hall–Kier alpha value is -1.33. The van der Waals surface area contributed by atoms with Crippen LogP contribution in [0.3, 0.4) is 0 Å². The average molecular weight is 308 g/mol. The highest BCUT2D eigenvalue weighted by Gasteiger charge is 2.02. The number of hydrogen-bond acceptors (Lipinski definition) is 3. The normalized spacial score (nSPS) is 10.9. The van der Waals surface area contributed by atoms with E-state index in [-0.39, 0.29) is 0 Å². The van der Waals surface area contributed by atoms with E-state index in [9.17, 15) is 0 Å². The van der Waals surface area contributed by atoms with Crippen LogP contribution in [0, 0.1) is 0 Å². The molecule has 3 nitrogen and oxygen atoms in total. The van der Waals surface area contributed by atoms with Crippen molar-refractivity contribution < 1.29 is 0 Å². The summed E-state index contributed by atoms with van der Waals surface area (Å²) in [4.78, 5) is 1.30. The third kappa shape index (κ3) is 2.21. The Balaban J connectivity index is 1.78.